The average Bonchev–Trinajstić information content (AvgIpc) is 3.34. The van der Waals surface area contributed by atoms with Gasteiger partial charge in [0.15, 0.2) is 5.79 Å². The molecule has 1 atom stereocenters. The second-order valence-electron chi connectivity index (χ2n) is 6.89. The van der Waals surface area contributed by atoms with Crippen LogP contribution in [-0.2, 0) is 14.3 Å². The summed E-state index contributed by atoms with van der Waals surface area (Å²) in [5, 5.41) is 0. The Morgan fingerprint density at radius 1 is 1.08 bits per heavy atom. The number of carbonyl (C=O) groups excluding carboxylic acids is 1. The van der Waals surface area contributed by atoms with Gasteiger partial charge in [-0.25, -0.2) is 4.39 Å². The molecule has 2 aliphatic rings. The van der Waals surface area contributed by atoms with Gasteiger partial charge < -0.3 is 18.9 Å². The van der Waals surface area contributed by atoms with Crippen LogP contribution in [0.2, 0.25) is 0 Å². The number of hydrogen-bond donors (Lipinski definition) is 0. The predicted molar refractivity (Wildman–Crippen MR) is 94.0 cm³/mol. The highest BCUT2D eigenvalue weighted by atomic mass is 19.1. The van der Waals surface area contributed by atoms with E-state index in [9.17, 15) is 9.18 Å². The van der Waals surface area contributed by atoms with E-state index in [1.165, 1.54) is 12.1 Å². The van der Waals surface area contributed by atoms with Crippen molar-refractivity contribution in [1.29, 1.82) is 0 Å². The maximum absolute atomic E-state index is 13.3. The number of amides is 1. The van der Waals surface area contributed by atoms with Crippen molar-refractivity contribution in [3.05, 3.63) is 60.2 Å². The fourth-order valence-electron chi connectivity index (χ4n) is 3.81. The maximum Gasteiger partial charge on any atom is 0.225 e. The molecule has 1 unspecified atom stereocenters. The van der Waals surface area contributed by atoms with Crippen LogP contribution in [0.4, 0.5) is 4.39 Å². The van der Waals surface area contributed by atoms with E-state index in [4.69, 9.17) is 9.47 Å². The van der Waals surface area contributed by atoms with E-state index in [1.807, 2.05) is 34.0 Å². The van der Waals surface area contributed by atoms with E-state index in [1.54, 1.807) is 12.1 Å². The minimum Gasteiger partial charge on any atom is -0.347 e. The van der Waals surface area contributed by atoms with Gasteiger partial charge in [0.1, 0.15) is 5.82 Å². The van der Waals surface area contributed by atoms with Gasteiger partial charge in [-0.3, -0.25) is 4.79 Å². The molecule has 138 valence electrons. The molecule has 2 aliphatic heterocycles. The van der Waals surface area contributed by atoms with Gasteiger partial charge in [0.05, 0.1) is 25.7 Å². The van der Waals surface area contributed by atoms with Crippen molar-refractivity contribution in [2.24, 2.45) is 0 Å². The molecule has 0 N–H and O–H groups in total. The number of likely N-dealkylation sites (tertiary alicyclic amines) is 1. The molecule has 0 aliphatic carbocycles. The van der Waals surface area contributed by atoms with Crippen LogP contribution in [0.5, 0.6) is 0 Å². The van der Waals surface area contributed by atoms with Gasteiger partial charge in [0, 0.05) is 38.3 Å². The lowest BCUT2D eigenvalue weighted by molar-refractivity contribution is -0.187. The first-order valence-electron chi connectivity index (χ1n) is 9.09. The van der Waals surface area contributed by atoms with E-state index >= 15 is 0 Å². The number of piperidine rings is 1. The van der Waals surface area contributed by atoms with E-state index in [0.29, 0.717) is 45.6 Å². The van der Waals surface area contributed by atoms with E-state index in [-0.39, 0.29) is 17.8 Å². The van der Waals surface area contributed by atoms with Gasteiger partial charge in [-0.15, -0.1) is 0 Å². The molecule has 1 aromatic heterocycles. The molecule has 2 fully saturated rings. The molecule has 26 heavy (non-hydrogen) atoms. The minimum atomic E-state index is -0.479. The molecular weight excluding hydrogens is 335 g/mol. The summed E-state index contributed by atoms with van der Waals surface area (Å²) in [5.41, 5.74) is 0.923. The molecule has 1 spiro atoms. The van der Waals surface area contributed by atoms with Crippen LogP contribution in [0, 0.1) is 5.82 Å². The van der Waals surface area contributed by atoms with Crippen LogP contribution in [0.1, 0.15) is 30.9 Å². The monoisotopic (exact) mass is 358 g/mol. The zero-order valence-corrected chi connectivity index (χ0v) is 14.6. The highest BCUT2D eigenvalue weighted by Gasteiger charge is 2.40. The van der Waals surface area contributed by atoms with Crippen LogP contribution < -0.4 is 0 Å². The summed E-state index contributed by atoms with van der Waals surface area (Å²) in [6.07, 6.45) is 5.64. The highest BCUT2D eigenvalue weighted by Crippen LogP contribution is 2.32. The lowest BCUT2D eigenvalue weighted by atomic mass is 10.00. The molecule has 5 nitrogen and oxygen atoms in total. The maximum atomic E-state index is 13.3. The third kappa shape index (κ3) is 3.52. The SMILES string of the molecule is O=C(CC(c1ccc(F)cc1)n1cccc1)N1CCC2(CC1)OCCO2. The molecule has 1 aromatic carbocycles. The Hall–Kier alpha value is -2.18. The minimum absolute atomic E-state index is 0.0980. The molecule has 6 heteroatoms. The lowest BCUT2D eigenvalue weighted by Crippen LogP contribution is -2.47. The standard InChI is InChI=1S/C20H23FN2O3/c21-17-5-3-16(4-6-17)18(22-9-1-2-10-22)15-19(24)23-11-7-20(8-12-23)25-13-14-26-20/h1-6,9-10,18H,7-8,11-15H2. The second kappa shape index (κ2) is 7.21. The van der Waals surface area contributed by atoms with Crippen molar-refractivity contribution in [2.45, 2.75) is 31.1 Å². The van der Waals surface area contributed by atoms with Gasteiger partial charge in [0.25, 0.3) is 0 Å². The van der Waals surface area contributed by atoms with Gasteiger partial charge in [-0.2, -0.15) is 0 Å². The van der Waals surface area contributed by atoms with Crippen molar-refractivity contribution >= 4 is 5.91 Å². The molecule has 2 aromatic rings. The van der Waals surface area contributed by atoms with E-state index in [0.717, 1.165) is 5.56 Å². The van der Waals surface area contributed by atoms with E-state index in [2.05, 4.69) is 0 Å². The van der Waals surface area contributed by atoms with Crippen molar-refractivity contribution in [3.8, 4) is 0 Å². The Morgan fingerprint density at radius 2 is 1.69 bits per heavy atom. The quantitative estimate of drug-likeness (QED) is 0.844. The molecule has 0 saturated carbocycles. The summed E-state index contributed by atoms with van der Waals surface area (Å²) in [4.78, 5) is 14.8. The number of aromatic nitrogens is 1. The Bertz CT molecular complexity index is 729. The van der Waals surface area contributed by atoms with Crippen LogP contribution in [0.15, 0.2) is 48.8 Å². The first kappa shape index (κ1) is 17.2. The zero-order chi connectivity index (χ0) is 18.0. The molecule has 4 rings (SSSR count). The highest BCUT2D eigenvalue weighted by molar-refractivity contribution is 5.77. The van der Waals surface area contributed by atoms with Crippen LogP contribution in [0.3, 0.4) is 0 Å². The van der Waals surface area contributed by atoms with Crippen molar-refractivity contribution < 1.29 is 18.7 Å². The molecule has 1 amide bonds. The van der Waals surface area contributed by atoms with Crippen LogP contribution >= 0.6 is 0 Å². The molecular formula is C20H23FN2O3. The van der Waals surface area contributed by atoms with Gasteiger partial charge in [0.2, 0.25) is 5.91 Å². The average molecular weight is 358 g/mol. The second-order valence-corrected chi connectivity index (χ2v) is 6.89. The van der Waals surface area contributed by atoms with Gasteiger partial charge in [-0.05, 0) is 29.8 Å². The number of hydrogen-bond acceptors (Lipinski definition) is 3. The Balaban J connectivity index is 1.46. The van der Waals surface area contributed by atoms with Crippen molar-refractivity contribution in [1.82, 2.24) is 9.47 Å². The first-order valence-corrected chi connectivity index (χ1v) is 9.09. The predicted octanol–water partition coefficient (Wildman–Crippen LogP) is 2.97. The summed E-state index contributed by atoms with van der Waals surface area (Å²) >= 11 is 0. The summed E-state index contributed by atoms with van der Waals surface area (Å²) in [6, 6.07) is 10.1. The normalized spacial score (nSPS) is 20.4. The number of nitrogens with zero attached hydrogens (tertiary/aromatic N) is 2. The fraction of sp³-hybridized carbons (Fsp3) is 0.450. The van der Waals surface area contributed by atoms with Gasteiger partial charge >= 0.3 is 0 Å². The Labute approximate surface area is 152 Å². The fourth-order valence-corrected chi connectivity index (χ4v) is 3.81. The molecule has 0 radical (unpaired) electrons. The number of halogens is 1. The third-order valence-electron chi connectivity index (χ3n) is 5.30. The zero-order valence-electron chi connectivity index (χ0n) is 14.6. The smallest absolute Gasteiger partial charge is 0.225 e. The largest absolute Gasteiger partial charge is 0.347 e. The first-order chi connectivity index (χ1) is 12.7. The topological polar surface area (TPSA) is 43.7 Å². The summed E-state index contributed by atoms with van der Waals surface area (Å²) in [6.45, 7) is 2.55. The lowest BCUT2D eigenvalue weighted by Gasteiger charge is -2.38. The van der Waals surface area contributed by atoms with Crippen LogP contribution in [-0.4, -0.2) is 47.5 Å². The summed E-state index contributed by atoms with van der Waals surface area (Å²) in [7, 11) is 0. The Kier molecular flexibility index (Phi) is 4.78. The number of carbonyl (C=O) groups is 1. The summed E-state index contributed by atoms with van der Waals surface area (Å²) in [5.74, 6) is -0.654. The number of benzene rings is 1. The Morgan fingerprint density at radius 3 is 2.31 bits per heavy atom. The van der Waals surface area contributed by atoms with Crippen molar-refractivity contribution in [2.75, 3.05) is 26.3 Å². The number of rotatable bonds is 4. The number of ether oxygens (including phenoxy) is 2. The van der Waals surface area contributed by atoms with Gasteiger partial charge in [-0.1, -0.05) is 12.1 Å². The van der Waals surface area contributed by atoms with Crippen LogP contribution in [0.25, 0.3) is 0 Å². The third-order valence-corrected chi connectivity index (χ3v) is 5.30. The molecule has 3 heterocycles. The summed E-state index contributed by atoms with van der Waals surface area (Å²) < 4.78 is 26.7. The molecule has 0 bridgehead atoms. The van der Waals surface area contributed by atoms with E-state index < -0.39 is 5.79 Å². The molecule has 2 saturated heterocycles. The van der Waals surface area contributed by atoms with Crippen molar-refractivity contribution in [3.63, 3.8) is 0 Å².